The Hall–Kier alpha value is -3.65. The van der Waals surface area contributed by atoms with E-state index >= 15 is 0 Å². The van der Waals surface area contributed by atoms with Crippen molar-refractivity contribution in [3.8, 4) is 0 Å². The molecule has 1 aliphatic heterocycles. The van der Waals surface area contributed by atoms with E-state index in [-0.39, 0.29) is 0 Å². The van der Waals surface area contributed by atoms with Gasteiger partial charge >= 0.3 is 5.97 Å². The van der Waals surface area contributed by atoms with Crippen LogP contribution in [0.25, 0.3) is 0 Å². The lowest BCUT2D eigenvalue weighted by molar-refractivity contribution is 0.0527. The molecule has 3 aromatic rings. The summed E-state index contributed by atoms with van der Waals surface area (Å²) < 4.78 is 10.6. The highest BCUT2D eigenvalue weighted by Gasteiger charge is 2.15. The minimum atomic E-state index is -0.412. The van der Waals surface area contributed by atoms with Gasteiger partial charge in [0.25, 0.3) is 0 Å². The Morgan fingerprint density at radius 3 is 2.66 bits per heavy atom. The van der Waals surface area contributed by atoms with Crippen molar-refractivity contribution in [2.45, 2.75) is 13.5 Å². The number of aromatic nitrogens is 2. The van der Waals surface area contributed by atoms with Gasteiger partial charge in [-0.2, -0.15) is 0 Å². The van der Waals surface area contributed by atoms with Gasteiger partial charge in [0, 0.05) is 42.9 Å². The number of nitrogens with one attached hydrogen (secondary N) is 2. The second kappa shape index (κ2) is 10.6. The lowest BCUT2D eigenvalue weighted by atomic mass is 10.2. The number of ether oxygens (including phenoxy) is 2. The fourth-order valence-electron chi connectivity index (χ4n) is 3.45. The summed E-state index contributed by atoms with van der Waals surface area (Å²) in [5.74, 6) is 0.214. The molecule has 1 fully saturated rings. The minimum absolute atomic E-state index is 0.300. The monoisotopic (exact) mass is 433 g/mol. The van der Waals surface area contributed by atoms with Crippen LogP contribution < -0.4 is 15.5 Å². The molecule has 1 aliphatic rings. The molecular weight excluding hydrogens is 406 g/mol. The zero-order valence-electron chi connectivity index (χ0n) is 18.1. The molecule has 166 valence electrons. The predicted octanol–water partition coefficient (Wildman–Crippen LogP) is 3.85. The molecule has 0 atom stereocenters. The molecule has 0 spiro atoms. The molecule has 0 unspecified atom stereocenters. The summed E-state index contributed by atoms with van der Waals surface area (Å²) >= 11 is 0. The van der Waals surface area contributed by atoms with Crippen LogP contribution >= 0.6 is 0 Å². The number of anilines is 4. The van der Waals surface area contributed by atoms with Crippen LogP contribution in [0, 0.1) is 0 Å². The maximum Gasteiger partial charge on any atom is 0.341 e. The first-order chi connectivity index (χ1) is 15.7. The van der Waals surface area contributed by atoms with E-state index in [1.54, 1.807) is 13.1 Å². The lowest BCUT2D eigenvalue weighted by Gasteiger charge is -2.28. The van der Waals surface area contributed by atoms with Gasteiger partial charge in [0.05, 0.1) is 37.7 Å². The smallest absolute Gasteiger partial charge is 0.341 e. The molecule has 0 saturated carbocycles. The molecule has 2 N–H and O–H groups in total. The van der Waals surface area contributed by atoms with Gasteiger partial charge in [0.15, 0.2) is 0 Å². The van der Waals surface area contributed by atoms with E-state index in [1.165, 1.54) is 11.9 Å². The third-order valence-electron chi connectivity index (χ3n) is 5.10. The summed E-state index contributed by atoms with van der Waals surface area (Å²) in [6.07, 6.45) is 3.27. The first-order valence-electron chi connectivity index (χ1n) is 10.7. The minimum Gasteiger partial charge on any atom is -0.462 e. The van der Waals surface area contributed by atoms with Crippen molar-refractivity contribution in [3.63, 3.8) is 0 Å². The zero-order chi connectivity index (χ0) is 22.2. The van der Waals surface area contributed by atoms with Crippen LogP contribution in [-0.4, -0.2) is 48.8 Å². The van der Waals surface area contributed by atoms with Crippen molar-refractivity contribution in [2.24, 2.45) is 0 Å². The summed E-state index contributed by atoms with van der Waals surface area (Å²) in [5, 5.41) is 6.59. The molecule has 0 bridgehead atoms. The number of esters is 1. The Morgan fingerprint density at radius 2 is 1.94 bits per heavy atom. The second-order valence-electron chi connectivity index (χ2n) is 7.28. The normalized spacial score (nSPS) is 13.5. The summed E-state index contributed by atoms with van der Waals surface area (Å²) in [6, 6.07) is 15.7. The van der Waals surface area contributed by atoms with E-state index in [4.69, 9.17) is 9.47 Å². The topological polar surface area (TPSA) is 88.6 Å². The SMILES string of the molecule is CCOC(=O)c1cnc(Nc2ccc(N3CCOCC3)cc2)cc1NCc1ccccn1. The van der Waals surface area contributed by atoms with Crippen LogP contribution in [-0.2, 0) is 16.0 Å². The standard InChI is InChI=1S/C24H27N5O3/c1-2-32-24(30)21-17-27-23(15-22(21)26-16-19-5-3-4-10-25-19)28-18-6-8-20(9-7-18)29-11-13-31-14-12-29/h3-10,15,17H,2,11-14,16H2,1H3,(H2,26,27,28). The number of carbonyl (C=O) groups is 1. The van der Waals surface area contributed by atoms with Crippen molar-refractivity contribution in [1.29, 1.82) is 0 Å². The van der Waals surface area contributed by atoms with Crippen LogP contribution in [0.5, 0.6) is 0 Å². The van der Waals surface area contributed by atoms with E-state index in [0.29, 0.717) is 30.2 Å². The quantitative estimate of drug-likeness (QED) is 0.518. The van der Waals surface area contributed by atoms with E-state index < -0.39 is 5.97 Å². The number of morpholine rings is 1. The number of rotatable bonds is 8. The lowest BCUT2D eigenvalue weighted by Crippen LogP contribution is -2.36. The third kappa shape index (κ3) is 5.53. The van der Waals surface area contributed by atoms with Crippen LogP contribution in [0.2, 0.25) is 0 Å². The fourth-order valence-corrected chi connectivity index (χ4v) is 3.45. The highest BCUT2D eigenvalue weighted by Crippen LogP contribution is 2.25. The molecular formula is C24H27N5O3. The Morgan fingerprint density at radius 1 is 1.12 bits per heavy atom. The number of nitrogens with zero attached hydrogens (tertiary/aromatic N) is 3. The Balaban J connectivity index is 1.49. The van der Waals surface area contributed by atoms with Crippen molar-refractivity contribution < 1.29 is 14.3 Å². The molecule has 4 rings (SSSR count). The van der Waals surface area contributed by atoms with Gasteiger partial charge in [-0.3, -0.25) is 4.98 Å². The van der Waals surface area contributed by atoms with Gasteiger partial charge in [-0.15, -0.1) is 0 Å². The van der Waals surface area contributed by atoms with Gasteiger partial charge in [-0.05, 0) is 43.3 Å². The molecule has 8 nitrogen and oxygen atoms in total. The fraction of sp³-hybridized carbons (Fsp3) is 0.292. The average molecular weight is 434 g/mol. The summed E-state index contributed by atoms with van der Waals surface area (Å²) in [4.78, 5) is 23.4. The number of benzene rings is 1. The second-order valence-corrected chi connectivity index (χ2v) is 7.28. The highest BCUT2D eigenvalue weighted by atomic mass is 16.5. The highest BCUT2D eigenvalue weighted by molar-refractivity contribution is 5.96. The van der Waals surface area contributed by atoms with Gasteiger partial charge in [-0.1, -0.05) is 6.07 Å². The van der Waals surface area contributed by atoms with Crippen molar-refractivity contribution in [2.75, 3.05) is 48.4 Å². The van der Waals surface area contributed by atoms with Gasteiger partial charge < -0.3 is 25.0 Å². The number of carbonyl (C=O) groups excluding carboxylic acids is 1. The Labute approximate surface area is 187 Å². The number of pyridine rings is 2. The maximum absolute atomic E-state index is 12.4. The van der Waals surface area contributed by atoms with Gasteiger partial charge in [0.1, 0.15) is 11.4 Å². The maximum atomic E-state index is 12.4. The molecule has 3 heterocycles. The molecule has 32 heavy (non-hydrogen) atoms. The molecule has 0 amide bonds. The van der Waals surface area contributed by atoms with Crippen LogP contribution in [0.4, 0.5) is 22.9 Å². The van der Waals surface area contributed by atoms with E-state index in [2.05, 4.69) is 37.6 Å². The largest absolute Gasteiger partial charge is 0.462 e. The zero-order valence-corrected chi connectivity index (χ0v) is 18.1. The van der Waals surface area contributed by atoms with Crippen molar-refractivity contribution in [3.05, 3.63) is 72.2 Å². The first-order valence-corrected chi connectivity index (χ1v) is 10.7. The summed E-state index contributed by atoms with van der Waals surface area (Å²) in [7, 11) is 0. The van der Waals surface area contributed by atoms with E-state index in [0.717, 1.165) is 37.7 Å². The third-order valence-corrected chi connectivity index (χ3v) is 5.10. The molecule has 1 aromatic carbocycles. The van der Waals surface area contributed by atoms with Crippen molar-refractivity contribution >= 4 is 28.8 Å². The van der Waals surface area contributed by atoms with E-state index in [1.807, 2.05) is 36.4 Å². The van der Waals surface area contributed by atoms with Crippen LogP contribution in [0.1, 0.15) is 23.0 Å². The van der Waals surface area contributed by atoms with Crippen LogP contribution in [0.3, 0.4) is 0 Å². The van der Waals surface area contributed by atoms with Crippen LogP contribution in [0.15, 0.2) is 60.9 Å². The van der Waals surface area contributed by atoms with Crippen molar-refractivity contribution in [1.82, 2.24) is 9.97 Å². The van der Waals surface area contributed by atoms with Gasteiger partial charge in [0.2, 0.25) is 0 Å². The molecule has 0 radical (unpaired) electrons. The van der Waals surface area contributed by atoms with Gasteiger partial charge in [-0.25, -0.2) is 9.78 Å². The number of hydrogen-bond donors (Lipinski definition) is 2. The molecule has 1 saturated heterocycles. The number of hydrogen-bond acceptors (Lipinski definition) is 8. The van der Waals surface area contributed by atoms with E-state index in [9.17, 15) is 4.79 Å². The average Bonchev–Trinajstić information content (AvgIpc) is 2.85. The molecule has 8 heteroatoms. The first kappa shape index (κ1) is 21.6. The Bertz CT molecular complexity index is 1020. The summed E-state index contributed by atoms with van der Waals surface area (Å²) in [6.45, 7) is 5.86. The molecule has 0 aliphatic carbocycles. The summed E-state index contributed by atoms with van der Waals surface area (Å²) in [5.41, 5.74) is 3.97. The predicted molar refractivity (Wildman–Crippen MR) is 125 cm³/mol. The molecule has 2 aromatic heterocycles. The Kier molecular flexibility index (Phi) is 7.14.